The molecule has 0 radical (unpaired) electrons. The Bertz CT molecular complexity index is 1300. The van der Waals surface area contributed by atoms with E-state index in [1.54, 1.807) is 0 Å². The number of fused-ring (bicyclic) bond motifs is 8. The Hall–Kier alpha value is -1.57. The first kappa shape index (κ1) is 27.6. The minimum atomic E-state index is -1.85. The number of aliphatic hydroxyl groups is 2. The highest BCUT2D eigenvalue weighted by atomic mass is 79.9. The molecule has 39 heavy (non-hydrogen) atoms. The number of hydrogen-bond acceptors (Lipinski definition) is 6. The van der Waals surface area contributed by atoms with E-state index >= 15 is 4.39 Å². The predicted octanol–water partition coefficient (Wildman–Crippen LogP) is 3.98. The average molecular weight is 606 g/mol. The maximum Gasteiger partial charge on any atom is 0.164 e. The Balaban J connectivity index is 1.38. The van der Waals surface area contributed by atoms with E-state index < -0.39 is 52.6 Å². The van der Waals surface area contributed by atoms with Crippen molar-refractivity contribution in [3.05, 3.63) is 23.0 Å². The number of aromatic nitrogens is 2. The molecule has 0 bridgehead atoms. The first-order valence-electron chi connectivity index (χ1n) is 14.0. The molecule has 7 nitrogen and oxygen atoms in total. The average Bonchev–Trinajstić information content (AvgIpc) is 3.44. The van der Waals surface area contributed by atoms with Gasteiger partial charge in [0.2, 0.25) is 0 Å². The van der Waals surface area contributed by atoms with Gasteiger partial charge in [-0.05, 0) is 63.5 Å². The van der Waals surface area contributed by atoms with Crippen molar-refractivity contribution in [2.75, 3.05) is 11.9 Å². The lowest BCUT2D eigenvalue weighted by molar-refractivity contribution is -0.254. The monoisotopic (exact) mass is 604 g/mol. The number of carbonyl (C=O) groups excluding carboxylic acids is 1. The van der Waals surface area contributed by atoms with E-state index in [1.165, 1.54) is 0 Å². The second kappa shape index (κ2) is 8.96. The number of nitrogens with zero attached hydrogens (tertiary/aromatic N) is 2. The molecule has 1 aromatic heterocycles. The van der Waals surface area contributed by atoms with Gasteiger partial charge in [-0.2, -0.15) is 5.10 Å². The van der Waals surface area contributed by atoms with E-state index in [4.69, 9.17) is 14.6 Å². The lowest BCUT2D eigenvalue weighted by atomic mass is 9.43. The Morgan fingerprint density at radius 1 is 1.28 bits per heavy atom. The van der Waals surface area contributed by atoms with Gasteiger partial charge in [0.25, 0.3) is 0 Å². The molecule has 0 unspecified atom stereocenters. The lowest BCUT2D eigenvalue weighted by Crippen LogP contribution is -2.69. The van der Waals surface area contributed by atoms with Gasteiger partial charge in [0.15, 0.2) is 11.6 Å². The summed E-state index contributed by atoms with van der Waals surface area (Å²) in [6.07, 6.45) is 4.84. The van der Waals surface area contributed by atoms with E-state index in [-0.39, 0.29) is 24.5 Å². The smallest absolute Gasteiger partial charge is 0.164 e. The van der Waals surface area contributed by atoms with Crippen LogP contribution in [0.5, 0.6) is 0 Å². The van der Waals surface area contributed by atoms with Gasteiger partial charge in [-0.25, -0.2) is 4.39 Å². The molecule has 0 amide bonds. The Morgan fingerprint density at radius 2 is 2.05 bits per heavy atom. The quantitative estimate of drug-likeness (QED) is 0.399. The third kappa shape index (κ3) is 3.67. The van der Waals surface area contributed by atoms with Crippen LogP contribution in [0.2, 0.25) is 0 Å². The summed E-state index contributed by atoms with van der Waals surface area (Å²) in [4.78, 5) is 12.7. The highest BCUT2D eigenvalue weighted by molar-refractivity contribution is 9.09. The van der Waals surface area contributed by atoms with Crippen LogP contribution in [-0.4, -0.2) is 67.0 Å². The molecule has 0 aromatic carbocycles. The highest BCUT2D eigenvalue weighted by Gasteiger charge is 2.78. The van der Waals surface area contributed by atoms with E-state index in [9.17, 15) is 15.0 Å². The third-order valence-electron chi connectivity index (χ3n) is 10.8. The summed E-state index contributed by atoms with van der Waals surface area (Å²) >= 11 is 3.31. The fourth-order valence-electron chi connectivity index (χ4n) is 9.26. The van der Waals surface area contributed by atoms with Crippen molar-refractivity contribution < 1.29 is 28.9 Å². The largest absolute Gasteiger partial charge is 0.390 e. The van der Waals surface area contributed by atoms with Crippen LogP contribution in [0.25, 0.3) is 6.08 Å². The molecule has 0 spiro atoms. The summed E-state index contributed by atoms with van der Waals surface area (Å²) in [5.41, 5.74) is -1.60. The second-order valence-electron chi connectivity index (χ2n) is 13.2. The zero-order chi connectivity index (χ0) is 28.0. The van der Waals surface area contributed by atoms with E-state index in [2.05, 4.69) is 27.8 Å². The van der Waals surface area contributed by atoms with Crippen molar-refractivity contribution in [2.45, 2.75) is 102 Å². The van der Waals surface area contributed by atoms with Crippen molar-refractivity contribution in [1.82, 2.24) is 9.78 Å². The van der Waals surface area contributed by atoms with Crippen LogP contribution in [0.3, 0.4) is 0 Å². The zero-order valence-corrected chi connectivity index (χ0v) is 24.7. The summed E-state index contributed by atoms with van der Waals surface area (Å²) in [5.74, 6) is 4.27. The molecular weight excluding hydrogens is 567 g/mol. The van der Waals surface area contributed by atoms with Crippen molar-refractivity contribution in [1.29, 1.82) is 0 Å². The van der Waals surface area contributed by atoms with Crippen LogP contribution in [0.4, 0.5) is 4.39 Å². The van der Waals surface area contributed by atoms with Gasteiger partial charge in [-0.1, -0.05) is 47.2 Å². The number of ketones is 1. The Kier molecular flexibility index (Phi) is 6.34. The molecule has 3 saturated carbocycles. The fraction of sp³-hybridized carbons (Fsp3) is 0.733. The van der Waals surface area contributed by atoms with Crippen LogP contribution in [0.1, 0.15) is 71.1 Å². The molecule has 1 aliphatic heterocycles. The van der Waals surface area contributed by atoms with Crippen molar-refractivity contribution >= 4 is 27.8 Å². The molecule has 8 atom stereocenters. The Morgan fingerprint density at radius 3 is 2.77 bits per heavy atom. The third-order valence-corrected chi connectivity index (χ3v) is 11.1. The number of Topliss-reactive ketones (excluding diaryl/α,β-unsaturated/α-hetero) is 1. The van der Waals surface area contributed by atoms with E-state index in [0.717, 1.165) is 23.3 Å². The molecule has 2 N–H and O–H groups in total. The highest BCUT2D eigenvalue weighted by Crippen LogP contribution is 2.73. The molecular formula is C30H38BrFN2O5. The molecule has 2 heterocycles. The summed E-state index contributed by atoms with van der Waals surface area (Å²) < 4.78 is 32.7. The minimum Gasteiger partial charge on any atom is -0.390 e. The first-order chi connectivity index (χ1) is 18.3. The van der Waals surface area contributed by atoms with Crippen molar-refractivity contribution in [3.63, 3.8) is 0 Å². The van der Waals surface area contributed by atoms with E-state index in [0.29, 0.717) is 31.1 Å². The van der Waals surface area contributed by atoms with Gasteiger partial charge in [0, 0.05) is 29.4 Å². The molecule has 212 valence electrons. The summed E-state index contributed by atoms with van der Waals surface area (Å²) in [6, 6.07) is 0. The van der Waals surface area contributed by atoms with Crippen LogP contribution in [0.15, 0.2) is 11.8 Å². The molecule has 4 fully saturated rings. The van der Waals surface area contributed by atoms with Crippen LogP contribution >= 0.6 is 15.9 Å². The number of allylic oxidation sites excluding steroid dienone is 1. The van der Waals surface area contributed by atoms with Gasteiger partial charge < -0.3 is 19.7 Å². The van der Waals surface area contributed by atoms with E-state index in [1.807, 2.05) is 44.6 Å². The van der Waals surface area contributed by atoms with Gasteiger partial charge in [-0.15, -0.1) is 0 Å². The topological polar surface area (TPSA) is 93.8 Å². The number of rotatable bonds is 4. The minimum absolute atomic E-state index is 0.00768. The molecule has 1 saturated heterocycles. The molecule has 9 heteroatoms. The van der Waals surface area contributed by atoms with Crippen molar-refractivity contribution in [3.8, 4) is 11.8 Å². The zero-order valence-electron chi connectivity index (χ0n) is 23.1. The summed E-state index contributed by atoms with van der Waals surface area (Å²) in [6.45, 7) is 7.56. The normalized spacial score (nSPS) is 43.2. The second-order valence-corrected chi connectivity index (χ2v) is 13.7. The SMILES string of the molecule is CC1(C)O[C@@H]2C[C@H]3[C@@H]4CCC5=Cc6nn(CC#CCBr)cc6C[C@]5(C)[C@@]4(F)[C@@H](O)C[C@]3(C)[C@]2(CC(=O)CO)O1. The van der Waals surface area contributed by atoms with Crippen molar-refractivity contribution in [2.24, 2.45) is 22.7 Å². The predicted molar refractivity (Wildman–Crippen MR) is 146 cm³/mol. The number of alkyl halides is 2. The van der Waals surface area contributed by atoms with Crippen LogP contribution in [0, 0.1) is 34.5 Å². The number of ether oxygens (including phenoxy) is 2. The number of hydrogen-bond donors (Lipinski definition) is 2. The standard InChI is InChI=1S/C30H38BrFN2O5/c1-26(2)38-25-12-22-21-8-7-19-11-23-18(16-34(33-23)10-6-5-9-31)13-27(19,3)30(21,32)24(37)15-28(22,4)29(25,39-26)14-20(36)17-35/h11,16,21-22,24-25,35,37H,7-10,12-15,17H2,1-4H3/t21-,22-,24-,25+,27-,28-,29+,30-/m0/s1. The van der Waals surface area contributed by atoms with Gasteiger partial charge >= 0.3 is 0 Å². The summed E-state index contributed by atoms with van der Waals surface area (Å²) in [5, 5.41) is 26.8. The van der Waals surface area contributed by atoms with Gasteiger partial charge in [-0.3, -0.25) is 9.48 Å². The van der Waals surface area contributed by atoms with Gasteiger partial charge in [0.05, 0.1) is 23.2 Å². The number of carbonyl (C=O) groups is 1. The van der Waals surface area contributed by atoms with Gasteiger partial charge in [0.1, 0.15) is 24.4 Å². The van der Waals surface area contributed by atoms with Crippen LogP contribution in [-0.2, 0) is 27.2 Å². The lowest BCUT2D eigenvalue weighted by Gasteiger charge is -2.63. The summed E-state index contributed by atoms with van der Waals surface area (Å²) in [7, 11) is 0. The first-order valence-corrected chi connectivity index (χ1v) is 15.1. The molecule has 6 rings (SSSR count). The van der Waals surface area contributed by atoms with Crippen LogP contribution < -0.4 is 0 Å². The maximum atomic E-state index is 17.9. The number of aliphatic hydroxyl groups excluding tert-OH is 2. The molecule has 5 aliphatic rings. The molecule has 4 aliphatic carbocycles. The molecule has 1 aromatic rings. The Labute approximate surface area is 237 Å². The maximum absolute atomic E-state index is 17.9. The number of halogens is 2. The fourth-order valence-corrected chi connectivity index (χ4v) is 9.46.